The van der Waals surface area contributed by atoms with Crippen LogP contribution in [-0.4, -0.2) is 11.1 Å². The molecule has 1 heterocycles. The molecule has 0 aliphatic carbocycles. The molecule has 0 saturated carbocycles. The number of halogens is 2. The van der Waals surface area contributed by atoms with Crippen LogP contribution in [0.1, 0.15) is 15.2 Å². The molecule has 88 valence electrons. The van der Waals surface area contributed by atoms with E-state index in [9.17, 15) is 13.6 Å². The summed E-state index contributed by atoms with van der Waals surface area (Å²) in [6.07, 6.45) is 0. The highest BCUT2D eigenvalue weighted by molar-refractivity contribution is 7.17. The number of carboxylic acids is 1. The second-order valence-corrected chi connectivity index (χ2v) is 4.61. The predicted octanol–water partition coefficient (Wildman–Crippen LogP) is 3.70. The van der Waals surface area contributed by atoms with Crippen molar-refractivity contribution in [3.05, 3.63) is 46.3 Å². The molecular formula is C12H8F2O2S. The van der Waals surface area contributed by atoms with E-state index in [4.69, 9.17) is 5.11 Å². The summed E-state index contributed by atoms with van der Waals surface area (Å²) in [5.74, 6) is -2.87. The van der Waals surface area contributed by atoms with Crippen molar-refractivity contribution in [2.24, 2.45) is 0 Å². The topological polar surface area (TPSA) is 37.3 Å². The molecule has 1 N–H and O–H groups in total. The second-order valence-electron chi connectivity index (χ2n) is 3.56. The van der Waals surface area contributed by atoms with Gasteiger partial charge in [-0.1, -0.05) is 6.07 Å². The lowest BCUT2D eigenvalue weighted by Gasteiger charge is -2.00. The van der Waals surface area contributed by atoms with Gasteiger partial charge in [0.15, 0.2) is 11.6 Å². The molecule has 0 aliphatic rings. The Morgan fingerprint density at radius 1 is 1.24 bits per heavy atom. The number of aryl methyl sites for hydroxylation is 1. The summed E-state index contributed by atoms with van der Waals surface area (Å²) >= 11 is 1.05. The number of aromatic carboxylic acids is 1. The van der Waals surface area contributed by atoms with E-state index >= 15 is 0 Å². The van der Waals surface area contributed by atoms with Crippen LogP contribution >= 0.6 is 11.3 Å². The van der Waals surface area contributed by atoms with Crippen molar-refractivity contribution in [2.75, 3.05) is 0 Å². The number of carboxylic acid groups (broad SMARTS) is 1. The molecule has 1 aromatic carbocycles. The summed E-state index contributed by atoms with van der Waals surface area (Å²) in [6.45, 7) is 1.74. The van der Waals surface area contributed by atoms with Crippen molar-refractivity contribution in [1.29, 1.82) is 0 Å². The fourth-order valence-electron chi connectivity index (χ4n) is 1.51. The lowest BCUT2D eigenvalue weighted by molar-refractivity contribution is 0.0702. The third kappa shape index (κ3) is 2.19. The average Bonchev–Trinajstić information content (AvgIpc) is 2.65. The molecule has 0 atom stereocenters. The summed E-state index contributed by atoms with van der Waals surface area (Å²) in [6, 6.07) is 5.05. The van der Waals surface area contributed by atoms with Crippen LogP contribution in [0.4, 0.5) is 8.78 Å². The largest absolute Gasteiger partial charge is 0.477 e. The Kier molecular flexibility index (Phi) is 2.93. The molecule has 2 rings (SSSR count). The van der Waals surface area contributed by atoms with Crippen LogP contribution in [-0.2, 0) is 0 Å². The first-order valence-corrected chi connectivity index (χ1v) is 5.60. The van der Waals surface area contributed by atoms with Crippen LogP contribution in [0, 0.1) is 18.6 Å². The smallest absolute Gasteiger partial charge is 0.345 e. The molecule has 0 spiro atoms. The number of hydrogen-bond acceptors (Lipinski definition) is 2. The zero-order valence-corrected chi connectivity index (χ0v) is 9.65. The van der Waals surface area contributed by atoms with Gasteiger partial charge in [-0.2, -0.15) is 0 Å². The predicted molar refractivity (Wildman–Crippen MR) is 61.4 cm³/mol. The van der Waals surface area contributed by atoms with Gasteiger partial charge in [0.25, 0.3) is 0 Å². The highest BCUT2D eigenvalue weighted by Gasteiger charge is 2.13. The Labute approximate surface area is 100 Å². The second kappa shape index (κ2) is 4.25. The lowest BCUT2D eigenvalue weighted by Crippen LogP contribution is -1.89. The zero-order chi connectivity index (χ0) is 12.6. The van der Waals surface area contributed by atoms with Crippen LogP contribution in [0.25, 0.3) is 10.4 Å². The first-order valence-electron chi connectivity index (χ1n) is 4.78. The Balaban J connectivity index is 2.52. The molecule has 2 nitrogen and oxygen atoms in total. The average molecular weight is 254 g/mol. The van der Waals surface area contributed by atoms with E-state index in [1.54, 1.807) is 6.92 Å². The molecule has 0 radical (unpaired) electrons. The Bertz CT molecular complexity index is 590. The van der Waals surface area contributed by atoms with Crippen LogP contribution in [0.2, 0.25) is 0 Å². The SMILES string of the molecule is Cc1cc(C(=O)O)sc1-c1ccc(F)c(F)c1. The number of hydrogen-bond donors (Lipinski definition) is 1. The summed E-state index contributed by atoms with van der Waals surface area (Å²) < 4.78 is 25.9. The van der Waals surface area contributed by atoms with Crippen LogP contribution in [0.15, 0.2) is 24.3 Å². The first-order chi connectivity index (χ1) is 7.99. The van der Waals surface area contributed by atoms with Gasteiger partial charge in [0.05, 0.1) is 0 Å². The number of rotatable bonds is 2. The lowest BCUT2D eigenvalue weighted by atomic mass is 10.1. The van der Waals surface area contributed by atoms with Crippen molar-refractivity contribution in [2.45, 2.75) is 6.92 Å². The number of benzene rings is 1. The fraction of sp³-hybridized carbons (Fsp3) is 0.0833. The first kappa shape index (κ1) is 11.7. The Morgan fingerprint density at radius 2 is 1.94 bits per heavy atom. The third-order valence-corrected chi connectivity index (χ3v) is 3.58. The molecular weight excluding hydrogens is 246 g/mol. The van der Waals surface area contributed by atoms with Crippen LogP contribution in [0.5, 0.6) is 0 Å². The Hall–Kier alpha value is -1.75. The van der Waals surface area contributed by atoms with Crippen molar-refractivity contribution < 1.29 is 18.7 Å². The number of carbonyl (C=O) groups is 1. The van der Waals surface area contributed by atoms with E-state index in [1.165, 1.54) is 12.1 Å². The summed E-state index contributed by atoms with van der Waals surface area (Å²) in [4.78, 5) is 11.6. The molecule has 0 fully saturated rings. The van der Waals surface area contributed by atoms with Crippen molar-refractivity contribution in [3.63, 3.8) is 0 Å². The van der Waals surface area contributed by atoms with Gasteiger partial charge < -0.3 is 5.11 Å². The molecule has 0 amide bonds. The maximum atomic E-state index is 13.1. The van der Waals surface area contributed by atoms with E-state index in [2.05, 4.69) is 0 Å². The van der Waals surface area contributed by atoms with Crippen molar-refractivity contribution in [1.82, 2.24) is 0 Å². The maximum Gasteiger partial charge on any atom is 0.345 e. The van der Waals surface area contributed by atoms with E-state index in [1.807, 2.05) is 0 Å². The molecule has 0 unspecified atom stereocenters. The van der Waals surface area contributed by atoms with Gasteiger partial charge in [0.1, 0.15) is 4.88 Å². The van der Waals surface area contributed by atoms with E-state index < -0.39 is 17.6 Å². The van der Waals surface area contributed by atoms with Crippen LogP contribution < -0.4 is 0 Å². The molecule has 1 aromatic heterocycles. The molecule has 0 saturated heterocycles. The normalized spacial score (nSPS) is 10.5. The van der Waals surface area contributed by atoms with Crippen molar-refractivity contribution >= 4 is 17.3 Å². The molecule has 0 bridgehead atoms. The van der Waals surface area contributed by atoms with E-state index in [0.29, 0.717) is 10.4 Å². The minimum Gasteiger partial charge on any atom is -0.477 e. The summed E-state index contributed by atoms with van der Waals surface area (Å²) in [7, 11) is 0. The minimum atomic E-state index is -1.02. The molecule has 2 aromatic rings. The van der Waals surface area contributed by atoms with Gasteiger partial charge in [-0.25, -0.2) is 13.6 Å². The third-order valence-electron chi connectivity index (χ3n) is 2.31. The van der Waals surface area contributed by atoms with Gasteiger partial charge in [-0.05, 0) is 36.2 Å². The molecule has 0 aliphatic heterocycles. The van der Waals surface area contributed by atoms with Crippen molar-refractivity contribution in [3.8, 4) is 10.4 Å². The van der Waals surface area contributed by atoms with Gasteiger partial charge in [0, 0.05) is 4.88 Å². The van der Waals surface area contributed by atoms with Crippen LogP contribution in [0.3, 0.4) is 0 Å². The summed E-state index contributed by atoms with van der Waals surface area (Å²) in [5, 5.41) is 8.84. The highest BCUT2D eigenvalue weighted by atomic mass is 32.1. The van der Waals surface area contributed by atoms with E-state index in [0.717, 1.165) is 29.0 Å². The van der Waals surface area contributed by atoms with Gasteiger partial charge in [-0.15, -0.1) is 11.3 Å². The van der Waals surface area contributed by atoms with E-state index in [-0.39, 0.29) is 4.88 Å². The highest BCUT2D eigenvalue weighted by Crippen LogP contribution is 2.33. The maximum absolute atomic E-state index is 13.1. The van der Waals surface area contributed by atoms with Gasteiger partial charge in [0.2, 0.25) is 0 Å². The van der Waals surface area contributed by atoms with Gasteiger partial charge >= 0.3 is 5.97 Å². The minimum absolute atomic E-state index is 0.183. The monoisotopic (exact) mass is 254 g/mol. The molecule has 17 heavy (non-hydrogen) atoms. The zero-order valence-electron chi connectivity index (χ0n) is 8.83. The Morgan fingerprint density at radius 3 is 2.47 bits per heavy atom. The fourth-order valence-corrected chi connectivity index (χ4v) is 2.52. The molecule has 5 heteroatoms. The quantitative estimate of drug-likeness (QED) is 0.887. The number of thiophene rings is 1. The summed E-state index contributed by atoms with van der Waals surface area (Å²) in [5.41, 5.74) is 1.22. The standard InChI is InChI=1S/C12H8F2O2S/c1-6-4-10(12(15)16)17-11(6)7-2-3-8(13)9(14)5-7/h2-5H,1H3,(H,15,16). The van der Waals surface area contributed by atoms with Gasteiger partial charge in [-0.3, -0.25) is 0 Å².